The fourth-order valence-electron chi connectivity index (χ4n) is 1.93. The minimum absolute atomic E-state index is 0.0387. The molecule has 1 aliphatic rings. The molecular formula is C14H16FN5OS. The summed E-state index contributed by atoms with van der Waals surface area (Å²) in [6.07, 6.45) is 2.40. The molecule has 22 heavy (non-hydrogen) atoms. The van der Waals surface area contributed by atoms with Crippen LogP contribution in [0.15, 0.2) is 29.4 Å². The van der Waals surface area contributed by atoms with Crippen molar-refractivity contribution in [1.29, 1.82) is 0 Å². The molecule has 0 saturated heterocycles. The van der Waals surface area contributed by atoms with E-state index < -0.39 is 0 Å². The summed E-state index contributed by atoms with van der Waals surface area (Å²) in [5.41, 5.74) is 0.668. The van der Waals surface area contributed by atoms with Crippen LogP contribution in [0.25, 0.3) is 11.4 Å². The van der Waals surface area contributed by atoms with Crippen molar-refractivity contribution in [2.45, 2.75) is 18.0 Å². The van der Waals surface area contributed by atoms with Gasteiger partial charge < -0.3 is 11.2 Å². The van der Waals surface area contributed by atoms with E-state index in [0.717, 1.165) is 6.54 Å². The van der Waals surface area contributed by atoms with Crippen molar-refractivity contribution in [3.05, 3.63) is 30.1 Å². The highest BCUT2D eigenvalue weighted by atomic mass is 32.2. The summed E-state index contributed by atoms with van der Waals surface area (Å²) in [7, 11) is 0. The third-order valence-corrected chi connectivity index (χ3v) is 4.33. The molecule has 8 heteroatoms. The van der Waals surface area contributed by atoms with Gasteiger partial charge in [0.05, 0.1) is 5.75 Å². The number of carbonyl (C=O) groups excluding carboxylic acids is 1. The average molecular weight is 321 g/mol. The molecule has 1 aliphatic carbocycles. The Bertz CT molecular complexity index is 668. The SMILES string of the molecule is Nn1c(SCC(=O)NCC2CC2)nnc1-c1ccc(F)cc1. The molecule has 1 aromatic carbocycles. The molecule has 0 bridgehead atoms. The molecule has 0 radical (unpaired) electrons. The Morgan fingerprint density at radius 2 is 2.09 bits per heavy atom. The molecule has 1 amide bonds. The Morgan fingerprint density at radius 3 is 2.77 bits per heavy atom. The first kappa shape index (κ1) is 14.8. The lowest BCUT2D eigenvalue weighted by atomic mass is 10.2. The van der Waals surface area contributed by atoms with Gasteiger partial charge in [0.25, 0.3) is 0 Å². The number of hydrogen-bond acceptors (Lipinski definition) is 5. The molecule has 0 spiro atoms. The van der Waals surface area contributed by atoms with Crippen LogP contribution in [0.5, 0.6) is 0 Å². The number of amides is 1. The molecule has 1 saturated carbocycles. The molecule has 3 rings (SSSR count). The van der Waals surface area contributed by atoms with Gasteiger partial charge in [-0.2, -0.15) is 0 Å². The first-order valence-corrected chi connectivity index (χ1v) is 7.98. The zero-order valence-corrected chi connectivity index (χ0v) is 12.6. The Morgan fingerprint density at radius 1 is 1.36 bits per heavy atom. The van der Waals surface area contributed by atoms with Crippen LogP contribution in [-0.2, 0) is 4.79 Å². The van der Waals surface area contributed by atoms with Crippen LogP contribution >= 0.6 is 11.8 Å². The summed E-state index contributed by atoms with van der Waals surface area (Å²) < 4.78 is 14.2. The van der Waals surface area contributed by atoms with E-state index in [0.29, 0.717) is 22.5 Å². The molecule has 2 aromatic rings. The summed E-state index contributed by atoms with van der Waals surface area (Å²) in [5.74, 6) is 6.90. The monoisotopic (exact) mass is 321 g/mol. The summed E-state index contributed by atoms with van der Waals surface area (Å²) in [4.78, 5) is 11.7. The number of nitrogens with zero attached hydrogens (tertiary/aromatic N) is 3. The second-order valence-electron chi connectivity index (χ2n) is 5.22. The number of rotatable bonds is 6. The number of nitrogens with two attached hydrogens (primary N) is 1. The van der Waals surface area contributed by atoms with Gasteiger partial charge in [-0.15, -0.1) is 10.2 Å². The van der Waals surface area contributed by atoms with Crippen LogP contribution in [-0.4, -0.2) is 33.1 Å². The Kier molecular flexibility index (Phi) is 4.28. The molecule has 1 aromatic heterocycles. The van der Waals surface area contributed by atoms with Crippen molar-refractivity contribution < 1.29 is 9.18 Å². The molecule has 0 atom stereocenters. The summed E-state index contributed by atoms with van der Waals surface area (Å²) in [6.45, 7) is 0.746. The molecule has 0 unspecified atom stereocenters. The van der Waals surface area contributed by atoms with Gasteiger partial charge in [-0.1, -0.05) is 11.8 Å². The fourth-order valence-corrected chi connectivity index (χ4v) is 2.62. The Labute approximate surface area is 131 Å². The van der Waals surface area contributed by atoms with Gasteiger partial charge in [-0.25, -0.2) is 9.07 Å². The van der Waals surface area contributed by atoms with E-state index in [9.17, 15) is 9.18 Å². The van der Waals surface area contributed by atoms with Crippen LogP contribution in [0.2, 0.25) is 0 Å². The van der Waals surface area contributed by atoms with Gasteiger partial charge in [0.15, 0.2) is 5.82 Å². The molecule has 1 fully saturated rings. The zero-order valence-electron chi connectivity index (χ0n) is 11.8. The van der Waals surface area contributed by atoms with Crippen LogP contribution in [0.4, 0.5) is 4.39 Å². The van der Waals surface area contributed by atoms with Gasteiger partial charge in [0.2, 0.25) is 11.1 Å². The zero-order chi connectivity index (χ0) is 15.5. The number of nitrogen functional groups attached to an aromatic ring is 1. The third kappa shape index (κ3) is 3.56. The van der Waals surface area contributed by atoms with Crippen molar-refractivity contribution in [1.82, 2.24) is 20.2 Å². The number of thioether (sulfide) groups is 1. The van der Waals surface area contributed by atoms with Gasteiger partial charge in [0.1, 0.15) is 5.82 Å². The largest absolute Gasteiger partial charge is 0.355 e. The van der Waals surface area contributed by atoms with Gasteiger partial charge in [-0.05, 0) is 43.0 Å². The maximum atomic E-state index is 12.9. The van der Waals surface area contributed by atoms with E-state index in [4.69, 9.17) is 5.84 Å². The summed E-state index contributed by atoms with van der Waals surface area (Å²) in [6, 6.07) is 5.84. The highest BCUT2D eigenvalue weighted by Gasteiger charge is 2.21. The molecule has 3 N–H and O–H groups in total. The predicted molar refractivity (Wildman–Crippen MR) is 82.0 cm³/mol. The predicted octanol–water partition coefficient (Wildman–Crippen LogP) is 1.42. The van der Waals surface area contributed by atoms with E-state index in [1.165, 1.54) is 41.4 Å². The van der Waals surface area contributed by atoms with Crippen LogP contribution in [0.1, 0.15) is 12.8 Å². The molecule has 1 heterocycles. The highest BCUT2D eigenvalue weighted by molar-refractivity contribution is 7.99. The van der Waals surface area contributed by atoms with Crippen LogP contribution in [0, 0.1) is 11.7 Å². The van der Waals surface area contributed by atoms with E-state index in [-0.39, 0.29) is 17.5 Å². The molecule has 116 valence electrons. The molecular weight excluding hydrogens is 305 g/mol. The normalized spacial score (nSPS) is 14.0. The number of benzene rings is 1. The lowest BCUT2D eigenvalue weighted by Crippen LogP contribution is -2.27. The quantitative estimate of drug-likeness (QED) is 0.621. The van der Waals surface area contributed by atoms with Crippen molar-refractivity contribution in [2.24, 2.45) is 5.92 Å². The first-order chi connectivity index (χ1) is 10.6. The summed E-state index contributed by atoms with van der Waals surface area (Å²) in [5, 5.41) is 11.3. The minimum atomic E-state index is -0.325. The highest BCUT2D eigenvalue weighted by Crippen LogP contribution is 2.27. The number of nitrogens with one attached hydrogen (secondary N) is 1. The maximum absolute atomic E-state index is 12.9. The number of carbonyl (C=O) groups is 1. The Hall–Kier alpha value is -2.09. The Balaban J connectivity index is 1.60. The van der Waals surface area contributed by atoms with Gasteiger partial charge in [-0.3, -0.25) is 4.79 Å². The maximum Gasteiger partial charge on any atom is 0.230 e. The number of halogens is 1. The topological polar surface area (TPSA) is 85.8 Å². The van der Waals surface area contributed by atoms with Crippen molar-refractivity contribution in [2.75, 3.05) is 18.1 Å². The lowest BCUT2D eigenvalue weighted by molar-refractivity contribution is -0.118. The first-order valence-electron chi connectivity index (χ1n) is 6.99. The van der Waals surface area contributed by atoms with E-state index in [1.54, 1.807) is 12.1 Å². The summed E-state index contributed by atoms with van der Waals surface area (Å²) >= 11 is 1.22. The second-order valence-corrected chi connectivity index (χ2v) is 6.16. The van der Waals surface area contributed by atoms with Crippen molar-refractivity contribution in [3.63, 3.8) is 0 Å². The van der Waals surface area contributed by atoms with Crippen LogP contribution in [0.3, 0.4) is 0 Å². The smallest absolute Gasteiger partial charge is 0.230 e. The second kappa shape index (κ2) is 6.35. The fraction of sp³-hybridized carbons (Fsp3) is 0.357. The van der Waals surface area contributed by atoms with Gasteiger partial charge >= 0.3 is 0 Å². The van der Waals surface area contributed by atoms with E-state index in [2.05, 4.69) is 15.5 Å². The van der Waals surface area contributed by atoms with E-state index >= 15 is 0 Å². The van der Waals surface area contributed by atoms with Crippen molar-refractivity contribution in [3.8, 4) is 11.4 Å². The molecule has 6 nitrogen and oxygen atoms in total. The molecule has 0 aliphatic heterocycles. The number of hydrogen-bond donors (Lipinski definition) is 2. The van der Waals surface area contributed by atoms with E-state index in [1.807, 2.05) is 0 Å². The van der Waals surface area contributed by atoms with Crippen molar-refractivity contribution >= 4 is 17.7 Å². The van der Waals surface area contributed by atoms with Gasteiger partial charge in [0, 0.05) is 12.1 Å². The van der Waals surface area contributed by atoms with Crippen LogP contribution < -0.4 is 11.2 Å². The minimum Gasteiger partial charge on any atom is -0.355 e. The lowest BCUT2D eigenvalue weighted by Gasteiger charge is -2.05. The standard InChI is InChI=1S/C14H16FN5OS/c15-11-5-3-10(4-6-11)13-18-19-14(20(13)16)22-8-12(21)17-7-9-1-2-9/h3-6,9H,1-2,7-8,16H2,(H,17,21). The third-order valence-electron chi connectivity index (χ3n) is 3.38. The average Bonchev–Trinajstić information content (AvgIpc) is 3.27. The number of aromatic nitrogens is 3.